The summed E-state index contributed by atoms with van der Waals surface area (Å²) in [5.74, 6) is 2.72. The van der Waals surface area contributed by atoms with Gasteiger partial charge in [-0.2, -0.15) is 0 Å². The third-order valence-electron chi connectivity index (χ3n) is 5.13. The standard InChI is InChI=1S/C20H33N3O4S.HI/c1-20(2,3)28(24,25)10-8-22-19(21-4)23-9-7-15(14-23)16-11-17(26-5)13-18(12-16)27-6;/h11-13,15H,7-10,14H2,1-6H3,(H,21,22);1H. The van der Waals surface area contributed by atoms with Gasteiger partial charge in [0.1, 0.15) is 11.5 Å². The van der Waals surface area contributed by atoms with Crippen LogP contribution in [0.15, 0.2) is 23.2 Å². The highest BCUT2D eigenvalue weighted by Crippen LogP contribution is 2.32. The molecule has 0 saturated carbocycles. The van der Waals surface area contributed by atoms with Gasteiger partial charge in [0.2, 0.25) is 0 Å². The maximum Gasteiger partial charge on any atom is 0.193 e. The van der Waals surface area contributed by atoms with E-state index in [9.17, 15) is 8.42 Å². The van der Waals surface area contributed by atoms with Crippen molar-refractivity contribution >= 4 is 39.8 Å². The molecule has 1 N–H and O–H groups in total. The zero-order chi connectivity index (χ0) is 20.9. The fourth-order valence-corrected chi connectivity index (χ4v) is 4.21. The van der Waals surface area contributed by atoms with Crippen molar-refractivity contribution in [2.45, 2.75) is 37.9 Å². The molecule has 1 aromatic rings. The average Bonchev–Trinajstić information content (AvgIpc) is 3.13. The second-order valence-electron chi connectivity index (χ2n) is 7.98. The van der Waals surface area contributed by atoms with Crippen LogP contribution in [0.3, 0.4) is 0 Å². The minimum Gasteiger partial charge on any atom is -0.497 e. The summed E-state index contributed by atoms with van der Waals surface area (Å²) in [6.07, 6.45) is 0.983. The van der Waals surface area contributed by atoms with Gasteiger partial charge in [-0.05, 0) is 44.9 Å². The molecule has 1 aliphatic heterocycles. The lowest BCUT2D eigenvalue weighted by molar-refractivity contribution is 0.392. The number of hydrogen-bond donors (Lipinski definition) is 1. The molecule has 1 saturated heterocycles. The Kier molecular flexibility index (Phi) is 9.52. The third-order valence-corrected chi connectivity index (χ3v) is 7.74. The summed E-state index contributed by atoms with van der Waals surface area (Å²) >= 11 is 0. The van der Waals surface area contributed by atoms with E-state index < -0.39 is 14.6 Å². The van der Waals surface area contributed by atoms with Crippen LogP contribution in [0.1, 0.15) is 38.7 Å². The number of sulfone groups is 1. The van der Waals surface area contributed by atoms with Gasteiger partial charge >= 0.3 is 0 Å². The highest BCUT2D eigenvalue weighted by atomic mass is 127. The van der Waals surface area contributed by atoms with Crippen molar-refractivity contribution in [2.24, 2.45) is 4.99 Å². The highest BCUT2D eigenvalue weighted by Gasteiger charge is 2.30. The number of rotatable bonds is 6. The first-order valence-electron chi connectivity index (χ1n) is 9.52. The first kappa shape index (κ1) is 25.8. The van der Waals surface area contributed by atoms with Gasteiger partial charge in [0.25, 0.3) is 0 Å². The number of methoxy groups -OCH3 is 2. The molecular weight excluding hydrogens is 505 g/mol. The SMILES string of the molecule is CN=C(NCCS(=O)(=O)C(C)(C)C)N1CCC(c2cc(OC)cc(OC)c2)C1.I. The van der Waals surface area contributed by atoms with Crippen LogP contribution in [0.2, 0.25) is 0 Å². The Morgan fingerprint density at radius 2 is 1.79 bits per heavy atom. The Bertz CT molecular complexity index is 784. The van der Waals surface area contributed by atoms with Crippen LogP contribution >= 0.6 is 24.0 Å². The molecule has 1 aliphatic rings. The molecule has 1 aromatic carbocycles. The zero-order valence-electron chi connectivity index (χ0n) is 18.2. The van der Waals surface area contributed by atoms with Crippen molar-refractivity contribution in [3.63, 3.8) is 0 Å². The largest absolute Gasteiger partial charge is 0.497 e. The third kappa shape index (κ3) is 6.63. The molecule has 1 unspecified atom stereocenters. The number of guanidine groups is 1. The Labute approximate surface area is 192 Å². The summed E-state index contributed by atoms with van der Waals surface area (Å²) in [6, 6.07) is 5.96. The van der Waals surface area contributed by atoms with E-state index >= 15 is 0 Å². The fourth-order valence-electron chi connectivity index (χ4n) is 3.23. The van der Waals surface area contributed by atoms with Crippen LogP contribution in [-0.2, 0) is 9.84 Å². The summed E-state index contributed by atoms with van der Waals surface area (Å²) in [5, 5.41) is 3.20. The van der Waals surface area contributed by atoms with Gasteiger partial charge in [0, 0.05) is 38.7 Å². The smallest absolute Gasteiger partial charge is 0.193 e. The van der Waals surface area contributed by atoms with E-state index in [0.29, 0.717) is 12.5 Å². The van der Waals surface area contributed by atoms with E-state index in [1.807, 2.05) is 18.2 Å². The Morgan fingerprint density at radius 1 is 1.21 bits per heavy atom. The van der Waals surface area contributed by atoms with Gasteiger partial charge < -0.3 is 19.7 Å². The van der Waals surface area contributed by atoms with Crippen LogP contribution in [0.25, 0.3) is 0 Å². The molecule has 1 atom stereocenters. The molecule has 2 rings (SSSR count). The molecule has 0 radical (unpaired) electrons. The first-order chi connectivity index (χ1) is 13.1. The lowest BCUT2D eigenvalue weighted by Gasteiger charge is -2.23. The second kappa shape index (κ2) is 10.7. The van der Waals surface area contributed by atoms with Crippen LogP contribution < -0.4 is 14.8 Å². The molecule has 29 heavy (non-hydrogen) atoms. The maximum absolute atomic E-state index is 12.3. The monoisotopic (exact) mass is 539 g/mol. The lowest BCUT2D eigenvalue weighted by atomic mass is 9.98. The zero-order valence-corrected chi connectivity index (χ0v) is 21.3. The Morgan fingerprint density at radius 3 is 2.28 bits per heavy atom. The van der Waals surface area contributed by atoms with Crippen molar-refractivity contribution in [3.8, 4) is 11.5 Å². The van der Waals surface area contributed by atoms with E-state index in [4.69, 9.17) is 9.47 Å². The topological polar surface area (TPSA) is 80.2 Å². The number of halogens is 1. The molecule has 9 heteroatoms. The summed E-state index contributed by atoms with van der Waals surface area (Å²) in [5.41, 5.74) is 1.17. The first-order valence-corrected chi connectivity index (χ1v) is 11.2. The molecule has 0 spiro atoms. The predicted octanol–water partition coefficient (Wildman–Crippen LogP) is 2.90. The number of nitrogens with zero attached hydrogens (tertiary/aromatic N) is 2. The van der Waals surface area contributed by atoms with E-state index in [1.54, 1.807) is 42.0 Å². The quantitative estimate of drug-likeness (QED) is 0.340. The minimum absolute atomic E-state index is 0. The Hall–Kier alpha value is -1.23. The molecular formula is C20H34IN3O4S. The van der Waals surface area contributed by atoms with Crippen molar-refractivity contribution in [3.05, 3.63) is 23.8 Å². The number of aliphatic imine (C=N–C) groups is 1. The molecule has 1 fully saturated rings. The van der Waals surface area contributed by atoms with Crippen molar-refractivity contribution in [2.75, 3.05) is 46.7 Å². The van der Waals surface area contributed by atoms with Gasteiger partial charge in [-0.1, -0.05) is 0 Å². The minimum atomic E-state index is -3.16. The van der Waals surface area contributed by atoms with Gasteiger partial charge in [-0.25, -0.2) is 8.42 Å². The predicted molar refractivity (Wildman–Crippen MR) is 129 cm³/mol. The number of ether oxygens (including phenoxy) is 2. The van der Waals surface area contributed by atoms with E-state index in [2.05, 4.69) is 15.2 Å². The van der Waals surface area contributed by atoms with Gasteiger partial charge in [-0.3, -0.25) is 4.99 Å². The fraction of sp³-hybridized carbons (Fsp3) is 0.650. The second-order valence-corrected chi connectivity index (χ2v) is 10.8. The van der Waals surface area contributed by atoms with Crippen LogP contribution in [0.4, 0.5) is 0 Å². The molecule has 0 amide bonds. The van der Waals surface area contributed by atoms with Crippen LogP contribution in [0.5, 0.6) is 11.5 Å². The van der Waals surface area contributed by atoms with Crippen LogP contribution in [-0.4, -0.2) is 70.7 Å². The maximum atomic E-state index is 12.3. The van der Waals surface area contributed by atoms with E-state index in [1.165, 1.54) is 5.56 Å². The number of nitrogens with one attached hydrogen (secondary N) is 1. The normalized spacial score (nSPS) is 17.7. The molecule has 1 heterocycles. The lowest BCUT2D eigenvalue weighted by Crippen LogP contribution is -2.43. The number of benzene rings is 1. The van der Waals surface area contributed by atoms with E-state index in [-0.39, 0.29) is 29.7 Å². The number of hydrogen-bond acceptors (Lipinski definition) is 5. The summed E-state index contributed by atoms with van der Waals surface area (Å²) in [7, 11) is 1.87. The van der Waals surface area contributed by atoms with Crippen molar-refractivity contribution < 1.29 is 17.9 Å². The van der Waals surface area contributed by atoms with Crippen LogP contribution in [0, 0.1) is 0 Å². The van der Waals surface area contributed by atoms with Crippen molar-refractivity contribution in [1.29, 1.82) is 0 Å². The summed E-state index contributed by atoms with van der Waals surface area (Å²) < 4.78 is 34.6. The molecule has 0 bridgehead atoms. The molecule has 166 valence electrons. The average molecular weight is 539 g/mol. The van der Waals surface area contributed by atoms with Gasteiger partial charge in [-0.15, -0.1) is 24.0 Å². The van der Waals surface area contributed by atoms with E-state index in [0.717, 1.165) is 37.0 Å². The Balaban J connectivity index is 0.00000420. The van der Waals surface area contributed by atoms with Crippen molar-refractivity contribution in [1.82, 2.24) is 10.2 Å². The molecule has 7 nitrogen and oxygen atoms in total. The number of likely N-dealkylation sites (tertiary alicyclic amines) is 1. The van der Waals surface area contributed by atoms with Gasteiger partial charge in [0.05, 0.1) is 24.7 Å². The molecule has 0 aromatic heterocycles. The summed E-state index contributed by atoms with van der Waals surface area (Å²) in [4.78, 5) is 6.50. The van der Waals surface area contributed by atoms with Gasteiger partial charge in [0.15, 0.2) is 15.8 Å². The highest BCUT2D eigenvalue weighted by molar-refractivity contribution is 14.0. The summed E-state index contributed by atoms with van der Waals surface area (Å²) in [6.45, 7) is 7.19. The molecule has 0 aliphatic carbocycles.